The minimum absolute atomic E-state index is 0.425. The van der Waals surface area contributed by atoms with Crippen molar-refractivity contribution in [2.45, 2.75) is 32.9 Å². The van der Waals surface area contributed by atoms with Crippen molar-refractivity contribution in [2.75, 3.05) is 20.1 Å². The van der Waals surface area contributed by atoms with Gasteiger partial charge in [-0.1, -0.05) is 12.1 Å². The van der Waals surface area contributed by atoms with Gasteiger partial charge in [-0.25, -0.2) is 0 Å². The first-order chi connectivity index (χ1) is 8.06. The molecular formula is C14H22N2O. The summed E-state index contributed by atoms with van der Waals surface area (Å²) in [7, 11) is 2.16. The fourth-order valence-electron chi connectivity index (χ4n) is 2.51. The van der Waals surface area contributed by atoms with Crippen LogP contribution in [0.1, 0.15) is 23.1 Å². The molecule has 0 bridgehead atoms. The average molecular weight is 234 g/mol. The number of hydrogen-bond donors (Lipinski definition) is 2. The van der Waals surface area contributed by atoms with E-state index in [1.807, 2.05) is 13.8 Å². The van der Waals surface area contributed by atoms with Gasteiger partial charge in [-0.15, -0.1) is 0 Å². The molecule has 1 heterocycles. The van der Waals surface area contributed by atoms with E-state index in [4.69, 9.17) is 0 Å². The maximum atomic E-state index is 9.72. The van der Waals surface area contributed by atoms with Gasteiger partial charge in [0.05, 0.1) is 0 Å². The first-order valence-electron chi connectivity index (χ1n) is 6.27. The predicted octanol–water partition coefficient (Wildman–Crippen LogP) is 1.80. The fourth-order valence-corrected chi connectivity index (χ4v) is 2.51. The van der Waals surface area contributed by atoms with Crippen molar-refractivity contribution in [2.24, 2.45) is 0 Å². The maximum absolute atomic E-state index is 9.72. The van der Waals surface area contributed by atoms with E-state index in [1.165, 1.54) is 18.5 Å². The van der Waals surface area contributed by atoms with Gasteiger partial charge in [0.15, 0.2) is 0 Å². The minimum Gasteiger partial charge on any atom is -0.507 e. The number of phenolic OH excluding ortho intramolecular Hbond substituents is 1. The summed E-state index contributed by atoms with van der Waals surface area (Å²) in [5.74, 6) is 0.425. The summed E-state index contributed by atoms with van der Waals surface area (Å²) in [5.41, 5.74) is 3.18. The zero-order valence-electron chi connectivity index (χ0n) is 11.0. The van der Waals surface area contributed by atoms with Gasteiger partial charge in [-0.2, -0.15) is 0 Å². The highest BCUT2D eigenvalue weighted by molar-refractivity contribution is 5.42. The topological polar surface area (TPSA) is 35.5 Å². The van der Waals surface area contributed by atoms with Crippen molar-refractivity contribution in [3.05, 3.63) is 28.8 Å². The van der Waals surface area contributed by atoms with Crippen molar-refractivity contribution in [1.82, 2.24) is 10.2 Å². The summed E-state index contributed by atoms with van der Waals surface area (Å²) in [6.45, 7) is 7.12. The molecule has 0 amide bonds. The van der Waals surface area contributed by atoms with Gasteiger partial charge < -0.3 is 15.3 Å². The molecule has 1 fully saturated rings. The lowest BCUT2D eigenvalue weighted by Gasteiger charge is -2.14. The standard InChI is InChI=1S/C14H22N2O/c1-10-6-12(7-11(2)14(10)17)8-15-13-4-5-16(3)9-13/h6-7,13,15,17H,4-5,8-9H2,1-3H3. The van der Waals surface area contributed by atoms with E-state index in [0.29, 0.717) is 11.8 Å². The number of likely N-dealkylation sites (N-methyl/N-ethyl adjacent to an activating group) is 1. The van der Waals surface area contributed by atoms with Gasteiger partial charge in [0.2, 0.25) is 0 Å². The van der Waals surface area contributed by atoms with E-state index in [2.05, 4.69) is 29.4 Å². The van der Waals surface area contributed by atoms with E-state index in [1.54, 1.807) is 0 Å². The molecule has 17 heavy (non-hydrogen) atoms. The second kappa shape index (κ2) is 5.07. The Bertz CT molecular complexity index is 380. The molecule has 0 aromatic heterocycles. The zero-order valence-corrected chi connectivity index (χ0v) is 11.0. The van der Waals surface area contributed by atoms with E-state index >= 15 is 0 Å². The highest BCUT2D eigenvalue weighted by Crippen LogP contribution is 2.23. The SMILES string of the molecule is Cc1cc(CNC2CCN(C)C2)cc(C)c1O. The highest BCUT2D eigenvalue weighted by atomic mass is 16.3. The van der Waals surface area contributed by atoms with Gasteiger partial charge >= 0.3 is 0 Å². The number of hydrogen-bond acceptors (Lipinski definition) is 3. The molecule has 0 spiro atoms. The van der Waals surface area contributed by atoms with Crippen LogP contribution in [0.15, 0.2) is 12.1 Å². The monoisotopic (exact) mass is 234 g/mol. The summed E-state index contributed by atoms with van der Waals surface area (Å²) in [5, 5.41) is 13.3. The number of nitrogens with one attached hydrogen (secondary N) is 1. The lowest BCUT2D eigenvalue weighted by molar-refractivity contribution is 0.397. The Kier molecular flexibility index (Phi) is 3.69. The van der Waals surface area contributed by atoms with Crippen LogP contribution in [0.25, 0.3) is 0 Å². The minimum atomic E-state index is 0.425. The Morgan fingerprint density at radius 2 is 2.00 bits per heavy atom. The second-order valence-corrected chi connectivity index (χ2v) is 5.21. The summed E-state index contributed by atoms with van der Waals surface area (Å²) >= 11 is 0. The van der Waals surface area contributed by atoms with Gasteiger partial charge in [-0.3, -0.25) is 0 Å². The van der Waals surface area contributed by atoms with Crippen LogP contribution in [0.5, 0.6) is 5.75 Å². The van der Waals surface area contributed by atoms with Crippen LogP contribution in [0, 0.1) is 13.8 Å². The molecule has 94 valence electrons. The molecular weight excluding hydrogens is 212 g/mol. The molecule has 0 aliphatic carbocycles. The molecule has 0 saturated carbocycles. The van der Waals surface area contributed by atoms with Crippen molar-refractivity contribution >= 4 is 0 Å². The Hall–Kier alpha value is -1.06. The van der Waals surface area contributed by atoms with E-state index in [9.17, 15) is 5.11 Å². The zero-order chi connectivity index (χ0) is 12.4. The molecule has 0 radical (unpaired) electrons. The largest absolute Gasteiger partial charge is 0.507 e. The fraction of sp³-hybridized carbons (Fsp3) is 0.571. The third kappa shape index (κ3) is 2.99. The van der Waals surface area contributed by atoms with E-state index in [0.717, 1.165) is 24.2 Å². The van der Waals surface area contributed by atoms with Crippen LogP contribution in [0.2, 0.25) is 0 Å². The number of aryl methyl sites for hydroxylation is 2. The number of phenols is 1. The van der Waals surface area contributed by atoms with E-state index < -0.39 is 0 Å². The second-order valence-electron chi connectivity index (χ2n) is 5.21. The lowest BCUT2D eigenvalue weighted by Crippen LogP contribution is -2.30. The highest BCUT2D eigenvalue weighted by Gasteiger charge is 2.18. The van der Waals surface area contributed by atoms with Gasteiger partial charge in [0, 0.05) is 19.1 Å². The van der Waals surface area contributed by atoms with Crippen molar-refractivity contribution < 1.29 is 5.11 Å². The molecule has 1 saturated heterocycles. The number of likely N-dealkylation sites (tertiary alicyclic amines) is 1. The molecule has 2 N–H and O–H groups in total. The Morgan fingerprint density at radius 3 is 2.53 bits per heavy atom. The molecule has 1 atom stereocenters. The predicted molar refractivity (Wildman–Crippen MR) is 70.3 cm³/mol. The molecule has 1 aromatic rings. The number of rotatable bonds is 3. The number of benzene rings is 1. The van der Waals surface area contributed by atoms with Crippen LogP contribution in [-0.2, 0) is 6.54 Å². The smallest absolute Gasteiger partial charge is 0.121 e. The molecule has 1 unspecified atom stereocenters. The molecule has 1 aliphatic heterocycles. The number of nitrogens with zero attached hydrogens (tertiary/aromatic N) is 1. The van der Waals surface area contributed by atoms with E-state index in [-0.39, 0.29) is 0 Å². The molecule has 2 rings (SSSR count). The van der Waals surface area contributed by atoms with Crippen LogP contribution >= 0.6 is 0 Å². The van der Waals surface area contributed by atoms with Gasteiger partial charge in [0.1, 0.15) is 5.75 Å². The average Bonchev–Trinajstić information content (AvgIpc) is 2.69. The molecule has 1 aliphatic rings. The Labute approximate surface area is 103 Å². The summed E-state index contributed by atoms with van der Waals surface area (Å²) in [6, 6.07) is 4.73. The van der Waals surface area contributed by atoms with Crippen molar-refractivity contribution in [3.8, 4) is 5.75 Å². The summed E-state index contributed by atoms with van der Waals surface area (Å²) in [6.07, 6.45) is 1.23. The Morgan fingerprint density at radius 1 is 1.35 bits per heavy atom. The summed E-state index contributed by atoms with van der Waals surface area (Å²) < 4.78 is 0. The molecule has 1 aromatic carbocycles. The lowest BCUT2D eigenvalue weighted by atomic mass is 10.1. The molecule has 3 heteroatoms. The first-order valence-corrected chi connectivity index (χ1v) is 6.27. The van der Waals surface area contributed by atoms with Crippen LogP contribution in [0.4, 0.5) is 0 Å². The van der Waals surface area contributed by atoms with Crippen LogP contribution in [0.3, 0.4) is 0 Å². The third-order valence-electron chi connectivity index (χ3n) is 3.54. The maximum Gasteiger partial charge on any atom is 0.121 e. The first kappa shape index (κ1) is 12.4. The van der Waals surface area contributed by atoms with Crippen molar-refractivity contribution in [1.29, 1.82) is 0 Å². The van der Waals surface area contributed by atoms with Crippen LogP contribution < -0.4 is 5.32 Å². The summed E-state index contributed by atoms with van der Waals surface area (Å²) in [4.78, 5) is 2.35. The number of aromatic hydroxyl groups is 1. The Balaban J connectivity index is 1.95. The van der Waals surface area contributed by atoms with Gasteiger partial charge in [0.25, 0.3) is 0 Å². The quantitative estimate of drug-likeness (QED) is 0.837. The third-order valence-corrected chi connectivity index (χ3v) is 3.54. The van der Waals surface area contributed by atoms with Crippen LogP contribution in [-0.4, -0.2) is 36.2 Å². The molecule has 3 nitrogen and oxygen atoms in total. The van der Waals surface area contributed by atoms with Gasteiger partial charge in [-0.05, 0) is 50.6 Å². The normalized spacial score (nSPS) is 21.0. The van der Waals surface area contributed by atoms with Crippen molar-refractivity contribution in [3.63, 3.8) is 0 Å².